The van der Waals surface area contributed by atoms with Gasteiger partial charge in [-0.25, -0.2) is 22.2 Å². The number of carbonyl (C=O) groups excluding carboxylic acids is 1. The SMILES string of the molecule is BC1(B)N(C(=O)C2CC2)C(B)(B)C(B)(B)N(c2cc(Nc3ncn(-c4cc(F)cc(F)c4)n3)cc(C(F)F)c2)C1(B)B. The van der Waals surface area contributed by atoms with Gasteiger partial charge < -0.3 is 15.1 Å². The quantitative estimate of drug-likeness (QED) is 0.242. The Balaban J connectivity index is 1.57. The summed E-state index contributed by atoms with van der Waals surface area (Å²) in [6.45, 7) is 0. The molecule has 1 saturated carbocycles. The van der Waals surface area contributed by atoms with E-state index in [2.05, 4.69) is 20.3 Å². The highest BCUT2D eigenvalue weighted by Crippen LogP contribution is 2.48. The molecule has 0 spiro atoms. The fourth-order valence-corrected chi connectivity index (χ4v) is 6.41. The predicted molar refractivity (Wildman–Crippen MR) is 177 cm³/mol. The number of piperazine rings is 1. The molecule has 3 aromatic rings. The monoisotopic (exact) mass is 570 g/mol. The molecule has 1 aliphatic carbocycles. The van der Waals surface area contributed by atoms with Gasteiger partial charge in [0.25, 0.3) is 6.43 Å². The van der Waals surface area contributed by atoms with Crippen LogP contribution in [0.25, 0.3) is 5.69 Å². The number of rotatable bonds is 6. The van der Waals surface area contributed by atoms with E-state index in [9.17, 15) is 22.4 Å². The molecule has 1 aromatic heterocycles. The molecule has 2 heterocycles. The molecular formula is C23H30B8F4N6O. The van der Waals surface area contributed by atoms with Crippen molar-refractivity contribution in [1.29, 1.82) is 0 Å². The minimum absolute atomic E-state index is 0.0239. The van der Waals surface area contributed by atoms with E-state index >= 15 is 0 Å². The Morgan fingerprint density at radius 1 is 0.833 bits per heavy atom. The van der Waals surface area contributed by atoms with Crippen LogP contribution in [0.5, 0.6) is 0 Å². The zero-order valence-corrected chi connectivity index (χ0v) is 25.3. The summed E-state index contributed by atoms with van der Waals surface area (Å²) >= 11 is 0. The van der Waals surface area contributed by atoms with Gasteiger partial charge in [-0.1, -0.05) is 0 Å². The van der Waals surface area contributed by atoms with Crippen molar-refractivity contribution in [3.8, 4) is 5.69 Å². The fraction of sp³-hybridized carbons (Fsp3) is 0.348. The normalized spacial score (nSPS) is 20.4. The Morgan fingerprint density at radius 3 is 1.93 bits per heavy atom. The summed E-state index contributed by atoms with van der Waals surface area (Å²) in [7, 11) is 16.3. The third-order valence-corrected chi connectivity index (χ3v) is 9.69. The van der Waals surface area contributed by atoms with Gasteiger partial charge in [-0.2, -0.15) is 4.98 Å². The maximum Gasteiger partial charge on any atom is 0.263 e. The highest BCUT2D eigenvalue weighted by molar-refractivity contribution is 6.63. The van der Waals surface area contributed by atoms with Gasteiger partial charge in [-0.15, -0.1) is 5.10 Å². The van der Waals surface area contributed by atoms with E-state index in [1.165, 1.54) is 23.1 Å². The summed E-state index contributed by atoms with van der Waals surface area (Å²) in [6, 6.07) is 7.56. The largest absolute Gasteiger partial charge is 0.390 e. The van der Waals surface area contributed by atoms with Crippen molar-refractivity contribution in [2.24, 2.45) is 5.92 Å². The predicted octanol–water partition coefficient (Wildman–Crippen LogP) is -4.03. The second kappa shape index (κ2) is 9.98. The van der Waals surface area contributed by atoms with Crippen LogP contribution in [0.3, 0.4) is 0 Å². The molecule has 1 amide bonds. The van der Waals surface area contributed by atoms with Gasteiger partial charge in [-0.3, -0.25) is 4.79 Å². The standard InChI is InChI=1S/C23H30B8F4N6O/c24-20(25)22(28,29)41(18(42)10-1-2-10)23(30,31)21(26,27)40(20)16-4-11(17(34)35)3-14(8-16)37-19-36-9-39(38-19)15-6-12(32)5-13(33)7-15/h3-10,17H,1-2,24-31H2,(H,37,38). The minimum Gasteiger partial charge on any atom is -0.390 e. The molecule has 0 unspecified atom stereocenters. The number of anilines is 3. The minimum atomic E-state index is -2.75. The molecule has 2 aromatic carbocycles. The van der Waals surface area contributed by atoms with E-state index in [-0.39, 0.29) is 29.0 Å². The van der Waals surface area contributed by atoms with Gasteiger partial charge in [0.2, 0.25) is 11.9 Å². The van der Waals surface area contributed by atoms with E-state index < -0.39 is 39.4 Å². The van der Waals surface area contributed by atoms with Crippen LogP contribution in [0, 0.1) is 17.6 Å². The van der Waals surface area contributed by atoms with Gasteiger partial charge in [0, 0.05) is 28.9 Å². The topological polar surface area (TPSA) is 66.3 Å². The number of aromatic nitrogens is 3. The lowest BCUT2D eigenvalue weighted by Gasteiger charge is -2.74. The number of nitrogens with one attached hydrogen (secondary N) is 1. The van der Waals surface area contributed by atoms with E-state index in [1.807, 2.05) is 67.7 Å². The first-order chi connectivity index (χ1) is 19.4. The number of alkyl halides is 2. The van der Waals surface area contributed by atoms with Crippen molar-refractivity contribution in [1.82, 2.24) is 19.7 Å². The molecule has 1 saturated heterocycles. The molecule has 5 rings (SSSR count). The molecule has 0 bridgehead atoms. The van der Waals surface area contributed by atoms with Crippen molar-refractivity contribution >= 4 is 86.0 Å². The summed E-state index contributed by atoms with van der Waals surface area (Å²) in [6.07, 6.45) is 0.295. The number of hydrogen-bond donors (Lipinski definition) is 1. The highest BCUT2D eigenvalue weighted by Gasteiger charge is 2.63. The third kappa shape index (κ3) is 4.86. The zero-order valence-electron chi connectivity index (χ0n) is 25.3. The summed E-state index contributed by atoms with van der Waals surface area (Å²) in [5, 5.41) is 4.53. The Kier molecular flexibility index (Phi) is 7.21. The lowest BCUT2D eigenvalue weighted by Crippen LogP contribution is -2.93. The number of nitrogens with zero attached hydrogens (tertiary/aromatic N) is 5. The van der Waals surface area contributed by atoms with Crippen LogP contribution in [0.15, 0.2) is 42.7 Å². The fourth-order valence-electron chi connectivity index (χ4n) is 6.41. The first-order valence-electron chi connectivity index (χ1n) is 14.1. The smallest absolute Gasteiger partial charge is 0.263 e. The van der Waals surface area contributed by atoms with Crippen molar-refractivity contribution < 1.29 is 22.4 Å². The van der Waals surface area contributed by atoms with Crippen LogP contribution < -0.4 is 10.2 Å². The Morgan fingerprint density at radius 2 is 1.40 bits per heavy atom. The van der Waals surface area contributed by atoms with Crippen LogP contribution >= 0.6 is 0 Å². The summed E-state index contributed by atoms with van der Waals surface area (Å²) < 4.78 is 57.2. The molecule has 42 heavy (non-hydrogen) atoms. The number of carbonyl (C=O) groups is 1. The van der Waals surface area contributed by atoms with Crippen molar-refractivity contribution in [3.63, 3.8) is 0 Å². The van der Waals surface area contributed by atoms with Gasteiger partial charge in [0.15, 0.2) is 0 Å². The Labute approximate surface area is 250 Å². The van der Waals surface area contributed by atoms with Crippen LogP contribution in [0.2, 0.25) is 0 Å². The molecule has 0 atom stereocenters. The lowest BCUT2D eigenvalue weighted by molar-refractivity contribution is -0.138. The lowest BCUT2D eigenvalue weighted by atomic mass is 9.26. The number of benzene rings is 2. The number of hydrogen-bond acceptors (Lipinski definition) is 5. The Hall–Kier alpha value is -3.11. The van der Waals surface area contributed by atoms with E-state index in [1.54, 1.807) is 6.07 Å². The summed E-state index contributed by atoms with van der Waals surface area (Å²) in [5.74, 6) is -1.31. The molecule has 1 N–H and O–H groups in total. The van der Waals surface area contributed by atoms with Crippen LogP contribution in [0.1, 0.15) is 24.8 Å². The maximum atomic E-state index is 14.3. The molecule has 2 aliphatic rings. The van der Waals surface area contributed by atoms with Gasteiger partial charge in [0.05, 0.1) is 5.69 Å². The zero-order chi connectivity index (χ0) is 31.0. The molecule has 19 heteroatoms. The second-order valence-electron chi connectivity index (χ2n) is 13.4. The highest BCUT2D eigenvalue weighted by atomic mass is 19.3. The Bertz CT molecular complexity index is 1500. The number of amides is 1. The first kappa shape index (κ1) is 30.4. The van der Waals surface area contributed by atoms with Gasteiger partial charge in [-0.05, 0) is 64.5 Å². The van der Waals surface area contributed by atoms with Crippen molar-refractivity contribution in [2.45, 2.75) is 40.6 Å². The molecule has 210 valence electrons. The van der Waals surface area contributed by atoms with Crippen molar-refractivity contribution in [2.75, 3.05) is 10.2 Å². The second-order valence-corrected chi connectivity index (χ2v) is 13.4. The van der Waals surface area contributed by atoms with E-state index in [0.29, 0.717) is 11.4 Å². The first-order valence-corrected chi connectivity index (χ1v) is 14.1. The molecule has 7 nitrogen and oxygen atoms in total. The molecule has 2 fully saturated rings. The van der Waals surface area contributed by atoms with Crippen LogP contribution in [-0.4, -0.2) is 110 Å². The molecular weight excluding hydrogens is 539 g/mol. The van der Waals surface area contributed by atoms with Crippen LogP contribution in [-0.2, 0) is 4.79 Å². The van der Waals surface area contributed by atoms with Crippen LogP contribution in [0.4, 0.5) is 34.9 Å². The molecule has 1 aliphatic heterocycles. The van der Waals surface area contributed by atoms with Gasteiger partial charge >= 0.3 is 0 Å². The molecule has 0 radical (unpaired) electrons. The van der Waals surface area contributed by atoms with E-state index in [0.717, 1.165) is 31.0 Å². The number of halogens is 4. The maximum absolute atomic E-state index is 14.3. The average molecular weight is 569 g/mol. The van der Waals surface area contributed by atoms with Crippen molar-refractivity contribution in [3.05, 3.63) is 59.9 Å². The third-order valence-electron chi connectivity index (χ3n) is 9.69. The average Bonchev–Trinajstić information content (AvgIpc) is 3.61. The summed E-state index contributed by atoms with van der Waals surface area (Å²) in [4.78, 5) is 22.0. The summed E-state index contributed by atoms with van der Waals surface area (Å²) in [5.41, 5.74) is 0.809. The van der Waals surface area contributed by atoms with E-state index in [4.69, 9.17) is 0 Å². The van der Waals surface area contributed by atoms with Gasteiger partial charge in [0.1, 0.15) is 80.7 Å².